The lowest BCUT2D eigenvalue weighted by molar-refractivity contribution is -0.143. The molecule has 142 valence electrons. The molecule has 7 nitrogen and oxygen atoms in total. The lowest BCUT2D eigenvalue weighted by Gasteiger charge is -2.17. The number of likely N-dealkylation sites (tertiary alicyclic amines) is 1. The summed E-state index contributed by atoms with van der Waals surface area (Å²) in [6, 6.07) is 9.29. The van der Waals surface area contributed by atoms with Crippen molar-refractivity contribution in [1.29, 1.82) is 0 Å². The van der Waals surface area contributed by atoms with Crippen LogP contribution in [0.25, 0.3) is 0 Å². The Morgan fingerprint density at radius 1 is 1.07 bits per heavy atom. The number of aromatic nitrogens is 2. The molecule has 3 aliphatic rings. The van der Waals surface area contributed by atoms with Crippen molar-refractivity contribution in [3.05, 3.63) is 60.4 Å². The third-order valence-electron chi connectivity index (χ3n) is 6.05. The zero-order valence-electron chi connectivity index (χ0n) is 15.2. The molecule has 4 atom stereocenters. The number of imide groups is 1. The number of anilines is 1. The van der Waals surface area contributed by atoms with E-state index in [0.717, 1.165) is 16.9 Å². The molecule has 7 heteroatoms. The first-order valence-corrected chi connectivity index (χ1v) is 9.50. The number of rotatable bonds is 5. The molecular weight excluding hydrogens is 356 g/mol. The van der Waals surface area contributed by atoms with Crippen molar-refractivity contribution in [3.63, 3.8) is 0 Å². The van der Waals surface area contributed by atoms with Crippen LogP contribution in [0, 0.1) is 23.7 Å². The van der Waals surface area contributed by atoms with Crippen LogP contribution >= 0.6 is 0 Å². The van der Waals surface area contributed by atoms with Gasteiger partial charge in [-0.05, 0) is 36.0 Å². The quantitative estimate of drug-likeness (QED) is 0.636. The fourth-order valence-electron chi connectivity index (χ4n) is 4.80. The van der Waals surface area contributed by atoms with Gasteiger partial charge in [-0.25, -0.2) is 0 Å². The van der Waals surface area contributed by atoms with E-state index in [1.807, 2.05) is 48.7 Å². The van der Waals surface area contributed by atoms with Crippen molar-refractivity contribution >= 4 is 23.4 Å². The van der Waals surface area contributed by atoms with Gasteiger partial charge in [-0.1, -0.05) is 30.4 Å². The molecule has 28 heavy (non-hydrogen) atoms. The Bertz CT molecular complexity index is 951. The maximum atomic E-state index is 12.7. The average Bonchev–Trinajstić information content (AvgIpc) is 3.46. The number of hydrogen-bond acceptors (Lipinski definition) is 4. The minimum atomic E-state index is -0.366. The molecule has 1 aromatic heterocycles. The molecule has 4 unspecified atom stereocenters. The van der Waals surface area contributed by atoms with E-state index < -0.39 is 0 Å². The molecule has 0 radical (unpaired) electrons. The molecule has 1 aromatic carbocycles. The number of para-hydroxylation sites is 1. The average molecular weight is 376 g/mol. The Balaban J connectivity index is 1.29. The number of hydrogen-bond donors (Lipinski definition) is 1. The monoisotopic (exact) mass is 376 g/mol. The molecule has 2 aliphatic carbocycles. The van der Waals surface area contributed by atoms with Gasteiger partial charge in [0.2, 0.25) is 17.7 Å². The second-order valence-electron chi connectivity index (χ2n) is 7.67. The highest BCUT2D eigenvalue weighted by Gasteiger charge is 2.59. The summed E-state index contributed by atoms with van der Waals surface area (Å²) in [5.41, 5.74) is 1.56. The lowest BCUT2D eigenvalue weighted by Crippen LogP contribution is -2.39. The fourth-order valence-corrected chi connectivity index (χ4v) is 4.80. The molecule has 1 saturated heterocycles. The smallest absolute Gasteiger partial charge is 0.244 e. The van der Waals surface area contributed by atoms with Crippen LogP contribution in [0.2, 0.25) is 0 Å². The summed E-state index contributed by atoms with van der Waals surface area (Å²) < 4.78 is 1.77. The van der Waals surface area contributed by atoms with E-state index in [1.165, 1.54) is 0 Å². The highest BCUT2D eigenvalue weighted by molar-refractivity contribution is 6.09. The van der Waals surface area contributed by atoms with E-state index in [0.29, 0.717) is 12.2 Å². The maximum Gasteiger partial charge on any atom is 0.244 e. The molecule has 1 N–H and O–H groups in total. The van der Waals surface area contributed by atoms with Crippen LogP contribution < -0.4 is 5.32 Å². The highest BCUT2D eigenvalue weighted by atomic mass is 16.2. The van der Waals surface area contributed by atoms with Gasteiger partial charge in [0.05, 0.1) is 18.4 Å². The van der Waals surface area contributed by atoms with Crippen molar-refractivity contribution in [2.75, 3.05) is 11.9 Å². The summed E-state index contributed by atoms with van der Waals surface area (Å²) in [6.45, 7) is 0.282. The van der Waals surface area contributed by atoms with Gasteiger partial charge in [-0.15, -0.1) is 0 Å². The van der Waals surface area contributed by atoms with Crippen molar-refractivity contribution in [2.45, 2.75) is 13.0 Å². The van der Waals surface area contributed by atoms with E-state index in [-0.39, 0.29) is 47.9 Å². The van der Waals surface area contributed by atoms with E-state index in [2.05, 4.69) is 10.4 Å². The van der Waals surface area contributed by atoms with Gasteiger partial charge >= 0.3 is 0 Å². The van der Waals surface area contributed by atoms with Crippen molar-refractivity contribution in [3.8, 4) is 0 Å². The maximum absolute atomic E-state index is 12.7. The molecule has 1 aliphatic heterocycles. The molecule has 3 amide bonds. The number of carbonyl (C=O) groups is 3. The summed E-state index contributed by atoms with van der Waals surface area (Å²) >= 11 is 0. The van der Waals surface area contributed by atoms with Crippen LogP contribution in [0.5, 0.6) is 0 Å². The van der Waals surface area contributed by atoms with Gasteiger partial charge < -0.3 is 5.32 Å². The first-order chi connectivity index (χ1) is 13.6. The van der Waals surface area contributed by atoms with Crippen LogP contribution in [0.4, 0.5) is 5.69 Å². The number of carbonyl (C=O) groups excluding carboxylic acids is 3. The zero-order chi connectivity index (χ0) is 19.3. The third kappa shape index (κ3) is 2.66. The number of benzene rings is 1. The Labute approximate surface area is 162 Å². The van der Waals surface area contributed by atoms with Crippen molar-refractivity contribution in [1.82, 2.24) is 14.7 Å². The van der Waals surface area contributed by atoms with E-state index in [9.17, 15) is 14.4 Å². The second-order valence-corrected chi connectivity index (χ2v) is 7.67. The fraction of sp³-hybridized carbons (Fsp3) is 0.333. The van der Waals surface area contributed by atoms with E-state index >= 15 is 0 Å². The molecule has 2 fully saturated rings. The van der Waals surface area contributed by atoms with Gasteiger partial charge in [0, 0.05) is 18.1 Å². The normalized spacial score (nSPS) is 27.5. The van der Waals surface area contributed by atoms with Gasteiger partial charge in [0.15, 0.2) is 0 Å². The summed E-state index contributed by atoms with van der Waals surface area (Å²) in [5.74, 6) is -1.03. The molecule has 2 aromatic rings. The Kier molecular flexibility index (Phi) is 3.89. The van der Waals surface area contributed by atoms with Crippen LogP contribution in [-0.2, 0) is 20.9 Å². The largest absolute Gasteiger partial charge is 0.324 e. The summed E-state index contributed by atoms with van der Waals surface area (Å²) in [5, 5.41) is 7.04. The summed E-state index contributed by atoms with van der Waals surface area (Å²) in [7, 11) is 0. The molecule has 2 bridgehead atoms. The van der Waals surface area contributed by atoms with Gasteiger partial charge in [0.1, 0.15) is 6.54 Å². The number of nitrogens with zero attached hydrogens (tertiary/aromatic N) is 3. The summed E-state index contributed by atoms with van der Waals surface area (Å²) in [4.78, 5) is 39.2. The van der Waals surface area contributed by atoms with Crippen LogP contribution in [0.15, 0.2) is 54.9 Å². The van der Waals surface area contributed by atoms with E-state index in [1.54, 1.807) is 10.9 Å². The second kappa shape index (κ2) is 6.44. The zero-order valence-corrected chi connectivity index (χ0v) is 15.2. The number of allylic oxidation sites excluding steroid dienone is 2. The highest BCUT2D eigenvalue weighted by Crippen LogP contribution is 2.52. The van der Waals surface area contributed by atoms with Gasteiger partial charge in [-0.3, -0.25) is 24.0 Å². The molecular formula is C21H20N4O3. The number of nitrogens with one attached hydrogen (secondary N) is 1. The van der Waals surface area contributed by atoms with Crippen molar-refractivity contribution < 1.29 is 14.4 Å². The lowest BCUT2D eigenvalue weighted by atomic mass is 9.85. The minimum Gasteiger partial charge on any atom is -0.324 e. The van der Waals surface area contributed by atoms with Crippen molar-refractivity contribution in [2.24, 2.45) is 23.7 Å². The molecule has 2 heterocycles. The first-order valence-electron chi connectivity index (χ1n) is 9.50. The van der Waals surface area contributed by atoms with Crippen LogP contribution in [-0.4, -0.2) is 38.9 Å². The first kappa shape index (κ1) is 16.9. The Hall–Kier alpha value is -3.22. The van der Waals surface area contributed by atoms with Gasteiger partial charge in [0.25, 0.3) is 0 Å². The van der Waals surface area contributed by atoms with Gasteiger partial charge in [-0.2, -0.15) is 5.10 Å². The molecule has 5 rings (SSSR count). The predicted octanol–water partition coefficient (Wildman–Crippen LogP) is 1.68. The Morgan fingerprint density at radius 3 is 2.46 bits per heavy atom. The number of amides is 3. The standard InChI is InChI=1S/C21H20N4O3/c26-17(23-16-5-2-1-4-15(16)11-24-9-3-8-22-24)12-25-20(27)18-13-6-7-14(10-13)19(18)21(25)28/h1-9,13-14,18-19H,10-12H2,(H,23,26). The third-order valence-corrected chi connectivity index (χ3v) is 6.05. The predicted molar refractivity (Wildman–Crippen MR) is 101 cm³/mol. The molecule has 1 saturated carbocycles. The topological polar surface area (TPSA) is 84.3 Å². The summed E-state index contributed by atoms with van der Waals surface area (Å²) in [6.07, 6.45) is 8.53. The number of fused-ring (bicyclic) bond motifs is 5. The Morgan fingerprint density at radius 2 is 1.79 bits per heavy atom. The van der Waals surface area contributed by atoms with Crippen LogP contribution in [0.1, 0.15) is 12.0 Å². The SMILES string of the molecule is O=C(CN1C(=O)C2C3C=CC(C3)C2C1=O)Nc1ccccc1Cn1cccn1. The van der Waals surface area contributed by atoms with Crippen LogP contribution in [0.3, 0.4) is 0 Å². The molecule has 0 spiro atoms. The minimum absolute atomic E-state index is 0.148. The van der Waals surface area contributed by atoms with E-state index in [4.69, 9.17) is 0 Å².